The lowest BCUT2D eigenvalue weighted by Crippen LogP contribution is -2.25. The average Bonchev–Trinajstić information content (AvgIpc) is 2.41. The van der Waals surface area contributed by atoms with Crippen molar-refractivity contribution < 1.29 is 17.9 Å². The van der Waals surface area contributed by atoms with E-state index in [1.54, 1.807) is 12.1 Å². The Morgan fingerprint density at radius 2 is 2.05 bits per heavy atom. The van der Waals surface area contributed by atoms with Gasteiger partial charge in [0.1, 0.15) is 12.4 Å². The summed E-state index contributed by atoms with van der Waals surface area (Å²) in [5, 5.41) is 3.23. The molecule has 0 aliphatic carbocycles. The molecule has 20 heavy (non-hydrogen) atoms. The summed E-state index contributed by atoms with van der Waals surface area (Å²) in [6.07, 6.45) is -1.08. The van der Waals surface area contributed by atoms with Gasteiger partial charge in [-0.3, -0.25) is 0 Å². The number of nitrogens with one attached hydrogen (secondary N) is 1. The second kappa shape index (κ2) is 8.97. The maximum absolute atomic E-state index is 13.9. The molecule has 1 unspecified atom stereocenters. The zero-order chi connectivity index (χ0) is 15.0. The van der Waals surface area contributed by atoms with Crippen molar-refractivity contribution in [3.8, 4) is 0 Å². The highest BCUT2D eigenvalue weighted by atomic mass is 19.3. The molecule has 5 heteroatoms. The molecule has 0 aliphatic rings. The van der Waals surface area contributed by atoms with Crippen LogP contribution in [0.3, 0.4) is 0 Å². The molecule has 0 heterocycles. The van der Waals surface area contributed by atoms with Crippen molar-refractivity contribution in [3.05, 3.63) is 35.1 Å². The van der Waals surface area contributed by atoms with Crippen LogP contribution < -0.4 is 5.32 Å². The lowest BCUT2D eigenvalue weighted by molar-refractivity contribution is 0.0143. The fourth-order valence-corrected chi connectivity index (χ4v) is 1.99. The van der Waals surface area contributed by atoms with Crippen LogP contribution in [0, 0.1) is 12.7 Å². The third-order valence-corrected chi connectivity index (χ3v) is 2.96. The van der Waals surface area contributed by atoms with Crippen LogP contribution in [0.25, 0.3) is 0 Å². The van der Waals surface area contributed by atoms with E-state index in [1.165, 1.54) is 6.07 Å². The molecule has 0 saturated heterocycles. The quantitative estimate of drug-likeness (QED) is 0.697. The Balaban J connectivity index is 2.65. The molecule has 1 atom stereocenters. The van der Waals surface area contributed by atoms with E-state index in [0.29, 0.717) is 12.0 Å². The van der Waals surface area contributed by atoms with Gasteiger partial charge in [0.15, 0.2) is 0 Å². The van der Waals surface area contributed by atoms with Crippen LogP contribution in [0.1, 0.15) is 36.9 Å². The van der Waals surface area contributed by atoms with Gasteiger partial charge in [0, 0.05) is 18.2 Å². The van der Waals surface area contributed by atoms with Gasteiger partial charge in [0.25, 0.3) is 6.43 Å². The Kier molecular flexibility index (Phi) is 7.62. The first kappa shape index (κ1) is 17.0. The molecule has 0 amide bonds. The van der Waals surface area contributed by atoms with Gasteiger partial charge in [-0.2, -0.15) is 0 Å². The lowest BCUT2D eigenvalue weighted by Gasteiger charge is -2.20. The largest absolute Gasteiger partial charge is 0.375 e. The summed E-state index contributed by atoms with van der Waals surface area (Å²) in [6.45, 7) is 4.26. The molecule has 0 aliphatic heterocycles. The van der Waals surface area contributed by atoms with Crippen LogP contribution in [-0.4, -0.2) is 26.2 Å². The Morgan fingerprint density at radius 1 is 1.30 bits per heavy atom. The second-order valence-corrected chi connectivity index (χ2v) is 4.79. The number of alkyl halides is 2. The summed E-state index contributed by atoms with van der Waals surface area (Å²) in [4.78, 5) is 0. The Bertz CT molecular complexity index is 399. The molecule has 0 fully saturated rings. The summed E-state index contributed by atoms with van der Waals surface area (Å²) in [6, 6.07) is 4.72. The third kappa shape index (κ3) is 5.92. The van der Waals surface area contributed by atoms with E-state index in [2.05, 4.69) is 5.32 Å². The third-order valence-electron chi connectivity index (χ3n) is 2.96. The van der Waals surface area contributed by atoms with Crippen molar-refractivity contribution in [2.45, 2.75) is 39.2 Å². The van der Waals surface area contributed by atoms with E-state index in [9.17, 15) is 13.2 Å². The fourth-order valence-electron chi connectivity index (χ4n) is 1.99. The summed E-state index contributed by atoms with van der Waals surface area (Å²) in [5.74, 6) is -0.280. The number of hydrogen-bond acceptors (Lipinski definition) is 2. The van der Waals surface area contributed by atoms with Crippen LogP contribution in [0.15, 0.2) is 18.2 Å². The van der Waals surface area contributed by atoms with Crippen LogP contribution in [-0.2, 0) is 4.74 Å². The van der Waals surface area contributed by atoms with E-state index in [-0.39, 0.29) is 18.5 Å². The molecule has 1 aromatic carbocycles. The van der Waals surface area contributed by atoms with Gasteiger partial charge in [-0.25, -0.2) is 13.2 Å². The van der Waals surface area contributed by atoms with Gasteiger partial charge in [-0.05, 0) is 32.4 Å². The molecule has 1 N–H and O–H groups in total. The van der Waals surface area contributed by atoms with Gasteiger partial charge in [0.05, 0.1) is 0 Å². The predicted molar refractivity (Wildman–Crippen MR) is 73.6 cm³/mol. The smallest absolute Gasteiger partial charge is 0.261 e. The topological polar surface area (TPSA) is 21.3 Å². The van der Waals surface area contributed by atoms with Crippen molar-refractivity contribution >= 4 is 0 Å². The van der Waals surface area contributed by atoms with Crippen LogP contribution in [0.2, 0.25) is 0 Å². The molecule has 114 valence electrons. The van der Waals surface area contributed by atoms with E-state index in [0.717, 1.165) is 18.5 Å². The molecular formula is C15H22F3NO. The zero-order valence-electron chi connectivity index (χ0n) is 12.0. The Hall–Kier alpha value is -1.07. The SMILES string of the molecule is CCCNC(CCOCC(F)F)c1cc(C)ccc1F. The van der Waals surface area contributed by atoms with Crippen LogP contribution in [0.4, 0.5) is 13.2 Å². The molecule has 1 aromatic rings. The minimum Gasteiger partial charge on any atom is -0.375 e. The van der Waals surface area contributed by atoms with Gasteiger partial charge in [0.2, 0.25) is 0 Å². The first-order chi connectivity index (χ1) is 9.54. The summed E-state index contributed by atoms with van der Waals surface area (Å²) >= 11 is 0. The molecular weight excluding hydrogens is 267 g/mol. The Labute approximate surface area is 118 Å². The maximum Gasteiger partial charge on any atom is 0.261 e. The van der Waals surface area contributed by atoms with Crippen molar-refractivity contribution in [3.63, 3.8) is 0 Å². The van der Waals surface area contributed by atoms with Crippen molar-refractivity contribution in [2.24, 2.45) is 0 Å². The number of rotatable bonds is 9. The summed E-state index contributed by atoms with van der Waals surface area (Å²) in [5.41, 5.74) is 1.54. The van der Waals surface area contributed by atoms with E-state index >= 15 is 0 Å². The predicted octanol–water partition coefficient (Wildman–Crippen LogP) is 3.85. The van der Waals surface area contributed by atoms with E-state index in [4.69, 9.17) is 4.74 Å². The molecule has 0 spiro atoms. The highest BCUT2D eigenvalue weighted by molar-refractivity contribution is 5.26. The number of benzene rings is 1. The number of ether oxygens (including phenoxy) is 1. The van der Waals surface area contributed by atoms with E-state index in [1.807, 2.05) is 13.8 Å². The minimum atomic E-state index is -2.47. The monoisotopic (exact) mass is 289 g/mol. The van der Waals surface area contributed by atoms with Crippen molar-refractivity contribution in [1.29, 1.82) is 0 Å². The molecule has 1 rings (SSSR count). The van der Waals surface area contributed by atoms with Crippen molar-refractivity contribution in [1.82, 2.24) is 5.32 Å². The normalized spacial score (nSPS) is 12.9. The number of halogens is 3. The molecule has 2 nitrogen and oxygen atoms in total. The average molecular weight is 289 g/mol. The molecule has 0 aromatic heterocycles. The van der Waals surface area contributed by atoms with Crippen LogP contribution in [0.5, 0.6) is 0 Å². The van der Waals surface area contributed by atoms with Crippen molar-refractivity contribution in [2.75, 3.05) is 19.8 Å². The van der Waals surface area contributed by atoms with Gasteiger partial charge in [-0.15, -0.1) is 0 Å². The van der Waals surface area contributed by atoms with Gasteiger partial charge in [-0.1, -0.05) is 24.6 Å². The Morgan fingerprint density at radius 3 is 2.70 bits per heavy atom. The first-order valence-electron chi connectivity index (χ1n) is 6.90. The molecule has 0 radical (unpaired) electrons. The van der Waals surface area contributed by atoms with E-state index < -0.39 is 13.0 Å². The lowest BCUT2D eigenvalue weighted by atomic mass is 10.0. The summed E-state index contributed by atoms with van der Waals surface area (Å²) in [7, 11) is 0. The zero-order valence-corrected chi connectivity index (χ0v) is 12.0. The first-order valence-corrected chi connectivity index (χ1v) is 6.90. The number of aryl methyl sites for hydroxylation is 1. The second-order valence-electron chi connectivity index (χ2n) is 4.79. The van der Waals surface area contributed by atoms with Gasteiger partial charge < -0.3 is 10.1 Å². The molecule has 0 bridgehead atoms. The van der Waals surface area contributed by atoms with Crippen LogP contribution >= 0.6 is 0 Å². The molecule has 0 saturated carbocycles. The van der Waals surface area contributed by atoms with Gasteiger partial charge >= 0.3 is 0 Å². The fraction of sp³-hybridized carbons (Fsp3) is 0.600. The minimum absolute atomic E-state index is 0.180. The highest BCUT2D eigenvalue weighted by Crippen LogP contribution is 2.21. The number of hydrogen-bond donors (Lipinski definition) is 1. The standard InChI is InChI=1S/C15H22F3NO/c1-3-7-19-14(6-8-20-10-15(17)18)12-9-11(2)4-5-13(12)16/h4-5,9,14-15,19H,3,6-8,10H2,1-2H3. The summed E-state index contributed by atoms with van der Waals surface area (Å²) < 4.78 is 42.8. The highest BCUT2D eigenvalue weighted by Gasteiger charge is 2.15. The maximum atomic E-state index is 13.9.